The molecule has 0 amide bonds. The van der Waals surface area contributed by atoms with Crippen LogP contribution in [-0.2, 0) is 6.18 Å². The van der Waals surface area contributed by atoms with E-state index in [0.717, 1.165) is 17.1 Å². The quantitative estimate of drug-likeness (QED) is 0.681. The molecule has 0 radical (unpaired) electrons. The topological polar surface area (TPSA) is 85.7 Å². The Kier molecular flexibility index (Phi) is 4.82. The second-order valence-corrected chi connectivity index (χ2v) is 5.85. The lowest BCUT2D eigenvalue weighted by Crippen LogP contribution is -2.22. The number of rotatable bonds is 3. The molecule has 13 heteroatoms. The van der Waals surface area contributed by atoms with Crippen molar-refractivity contribution in [2.45, 2.75) is 6.18 Å². The van der Waals surface area contributed by atoms with E-state index < -0.39 is 29.1 Å². The molecule has 26 heavy (non-hydrogen) atoms. The molecular formula is C13H5Cl3F3N5O2. The van der Waals surface area contributed by atoms with Crippen molar-refractivity contribution in [1.82, 2.24) is 24.7 Å². The molecule has 3 rings (SSSR count). The molecule has 0 aliphatic carbocycles. The monoisotopic (exact) mass is 425 g/mol. The first-order chi connectivity index (χ1) is 12.1. The number of nitrogens with zero attached hydrogens (tertiary/aromatic N) is 4. The van der Waals surface area contributed by atoms with Gasteiger partial charge < -0.3 is 4.74 Å². The van der Waals surface area contributed by atoms with Crippen molar-refractivity contribution in [3.05, 3.63) is 55.9 Å². The normalized spacial score (nSPS) is 11.6. The predicted octanol–water partition coefficient (Wildman–Crippen LogP) is 4.12. The first-order valence-corrected chi connectivity index (χ1v) is 7.70. The van der Waals surface area contributed by atoms with Gasteiger partial charge in [0.15, 0.2) is 5.69 Å². The van der Waals surface area contributed by atoms with Crippen LogP contribution in [0.15, 0.2) is 29.3 Å². The summed E-state index contributed by atoms with van der Waals surface area (Å²) < 4.78 is 45.9. The molecule has 1 aromatic carbocycles. The van der Waals surface area contributed by atoms with Crippen molar-refractivity contribution in [1.29, 1.82) is 0 Å². The highest BCUT2D eigenvalue weighted by Gasteiger charge is 2.39. The molecule has 2 aromatic heterocycles. The molecule has 0 fully saturated rings. The fourth-order valence-corrected chi connectivity index (χ4v) is 2.26. The van der Waals surface area contributed by atoms with Crippen LogP contribution in [0.2, 0.25) is 15.3 Å². The van der Waals surface area contributed by atoms with Crippen LogP contribution in [0.25, 0.3) is 5.95 Å². The van der Waals surface area contributed by atoms with E-state index in [4.69, 9.17) is 39.5 Å². The van der Waals surface area contributed by atoms with E-state index in [-0.39, 0.29) is 21.1 Å². The van der Waals surface area contributed by atoms with Gasteiger partial charge in [0.25, 0.3) is 5.56 Å². The number of nitrogens with one attached hydrogen (secondary N) is 1. The molecule has 2 heterocycles. The second kappa shape index (κ2) is 6.78. The minimum absolute atomic E-state index is 0.0380. The third kappa shape index (κ3) is 3.76. The molecule has 0 saturated carbocycles. The summed E-state index contributed by atoms with van der Waals surface area (Å²) in [5, 5.41) is 3.54. The standard InChI is InChI=1S/C13H5Cl3F3N5O2/c14-6-2-1-5(3-7(6)15)26-8-9(13(17,18)19)21-12(22-10(8)25)24-4-20-11(16)23-24/h1-4H,(H,21,22,25). The highest BCUT2D eigenvalue weighted by molar-refractivity contribution is 6.42. The number of aromatic amines is 1. The Labute approximate surface area is 157 Å². The molecule has 0 saturated heterocycles. The van der Waals surface area contributed by atoms with E-state index in [1.807, 2.05) is 0 Å². The Morgan fingerprint density at radius 1 is 1.15 bits per heavy atom. The number of hydrogen-bond acceptors (Lipinski definition) is 5. The number of benzene rings is 1. The average molecular weight is 427 g/mol. The Balaban J connectivity index is 2.12. The molecule has 7 nitrogen and oxygen atoms in total. The smallest absolute Gasteiger partial charge is 0.437 e. The van der Waals surface area contributed by atoms with Gasteiger partial charge in [0.05, 0.1) is 10.0 Å². The SMILES string of the molecule is O=c1[nH]c(-n2cnc(Cl)n2)nc(C(F)(F)F)c1Oc1ccc(Cl)c(Cl)c1. The van der Waals surface area contributed by atoms with E-state index in [2.05, 4.69) is 20.1 Å². The van der Waals surface area contributed by atoms with Crippen molar-refractivity contribution >= 4 is 34.8 Å². The first kappa shape index (κ1) is 18.5. The van der Waals surface area contributed by atoms with Crippen molar-refractivity contribution in [2.24, 2.45) is 0 Å². The van der Waals surface area contributed by atoms with E-state index in [9.17, 15) is 18.0 Å². The Hall–Kier alpha value is -2.30. The highest BCUT2D eigenvalue weighted by atomic mass is 35.5. The van der Waals surface area contributed by atoms with Crippen LogP contribution in [0.4, 0.5) is 13.2 Å². The minimum Gasteiger partial charge on any atom is -0.449 e. The Morgan fingerprint density at radius 3 is 2.46 bits per heavy atom. The summed E-state index contributed by atoms with van der Waals surface area (Å²) in [6, 6.07) is 3.72. The van der Waals surface area contributed by atoms with Crippen molar-refractivity contribution in [3.8, 4) is 17.4 Å². The van der Waals surface area contributed by atoms with Crippen LogP contribution in [-0.4, -0.2) is 24.7 Å². The van der Waals surface area contributed by atoms with Gasteiger partial charge in [0.2, 0.25) is 17.0 Å². The maximum Gasteiger partial charge on any atom is 0.437 e. The van der Waals surface area contributed by atoms with Crippen LogP contribution in [0.1, 0.15) is 5.69 Å². The van der Waals surface area contributed by atoms with Gasteiger partial charge >= 0.3 is 6.18 Å². The van der Waals surface area contributed by atoms with E-state index in [1.165, 1.54) is 12.1 Å². The number of hydrogen-bond donors (Lipinski definition) is 1. The lowest BCUT2D eigenvalue weighted by atomic mass is 10.3. The van der Waals surface area contributed by atoms with Crippen LogP contribution in [0.3, 0.4) is 0 Å². The van der Waals surface area contributed by atoms with Crippen molar-refractivity contribution < 1.29 is 17.9 Å². The summed E-state index contributed by atoms with van der Waals surface area (Å²) in [6.07, 6.45) is -4.00. The zero-order chi connectivity index (χ0) is 19.1. The first-order valence-electron chi connectivity index (χ1n) is 6.57. The Morgan fingerprint density at radius 2 is 1.88 bits per heavy atom. The number of alkyl halides is 3. The second-order valence-electron chi connectivity index (χ2n) is 4.70. The Bertz CT molecular complexity index is 1030. The van der Waals surface area contributed by atoms with Gasteiger partial charge in [-0.25, -0.2) is 9.97 Å². The number of H-pyrrole nitrogens is 1. The van der Waals surface area contributed by atoms with Crippen LogP contribution >= 0.6 is 34.8 Å². The van der Waals surface area contributed by atoms with E-state index >= 15 is 0 Å². The highest BCUT2D eigenvalue weighted by Crippen LogP contribution is 2.36. The summed E-state index contributed by atoms with van der Waals surface area (Å²) in [7, 11) is 0. The molecule has 1 N–H and O–H groups in total. The maximum absolute atomic E-state index is 13.4. The average Bonchev–Trinajstić information content (AvgIpc) is 2.98. The van der Waals surface area contributed by atoms with Crippen molar-refractivity contribution in [2.75, 3.05) is 0 Å². The van der Waals surface area contributed by atoms with Crippen LogP contribution in [0, 0.1) is 0 Å². The van der Waals surface area contributed by atoms with Crippen LogP contribution < -0.4 is 10.3 Å². The van der Waals surface area contributed by atoms with Gasteiger partial charge in [-0.3, -0.25) is 9.78 Å². The minimum atomic E-state index is -4.99. The van der Waals surface area contributed by atoms with Gasteiger partial charge in [-0.1, -0.05) is 23.2 Å². The number of aromatic nitrogens is 5. The molecule has 0 spiro atoms. The maximum atomic E-state index is 13.4. The largest absolute Gasteiger partial charge is 0.449 e. The van der Waals surface area contributed by atoms with Gasteiger partial charge in [-0.05, 0) is 23.7 Å². The molecule has 136 valence electrons. The van der Waals surface area contributed by atoms with Crippen molar-refractivity contribution in [3.63, 3.8) is 0 Å². The zero-order valence-corrected chi connectivity index (χ0v) is 14.5. The van der Waals surface area contributed by atoms with Gasteiger partial charge in [-0.15, -0.1) is 5.10 Å². The molecule has 0 unspecified atom stereocenters. The summed E-state index contributed by atoms with van der Waals surface area (Å²) in [5.74, 6) is -1.73. The van der Waals surface area contributed by atoms with Gasteiger partial charge in [-0.2, -0.15) is 17.9 Å². The molecule has 0 atom stereocenters. The van der Waals surface area contributed by atoms with Crippen LogP contribution in [0.5, 0.6) is 11.5 Å². The molecule has 3 aromatic rings. The van der Waals surface area contributed by atoms with E-state index in [0.29, 0.717) is 0 Å². The van der Waals surface area contributed by atoms with Gasteiger partial charge in [0, 0.05) is 6.07 Å². The molecule has 0 aliphatic heterocycles. The summed E-state index contributed by atoms with van der Waals surface area (Å²) in [5.41, 5.74) is -2.76. The number of halogens is 6. The summed E-state index contributed by atoms with van der Waals surface area (Å²) >= 11 is 17.0. The summed E-state index contributed by atoms with van der Waals surface area (Å²) in [6.45, 7) is 0. The molecule has 0 aliphatic rings. The third-order valence-electron chi connectivity index (χ3n) is 2.92. The fraction of sp³-hybridized carbons (Fsp3) is 0.0769. The van der Waals surface area contributed by atoms with Gasteiger partial charge in [0.1, 0.15) is 12.1 Å². The molecule has 0 bridgehead atoms. The lowest BCUT2D eigenvalue weighted by molar-refractivity contribution is -0.142. The summed E-state index contributed by atoms with van der Waals surface area (Å²) in [4.78, 5) is 21.2. The predicted molar refractivity (Wildman–Crippen MR) is 86.3 cm³/mol. The molecular weight excluding hydrogens is 422 g/mol. The third-order valence-corrected chi connectivity index (χ3v) is 3.84. The zero-order valence-electron chi connectivity index (χ0n) is 12.2. The fourth-order valence-electron chi connectivity index (χ4n) is 1.85. The lowest BCUT2D eigenvalue weighted by Gasteiger charge is -2.13. The number of ether oxygens (including phenoxy) is 1. The van der Waals surface area contributed by atoms with E-state index in [1.54, 1.807) is 0 Å².